The van der Waals surface area contributed by atoms with Gasteiger partial charge in [-0.1, -0.05) is 42.0 Å². The Bertz CT molecular complexity index is 1190. The van der Waals surface area contributed by atoms with Crippen molar-refractivity contribution < 1.29 is 4.42 Å². The van der Waals surface area contributed by atoms with E-state index in [1.807, 2.05) is 16.8 Å². The molecule has 2 aromatic carbocycles. The van der Waals surface area contributed by atoms with Gasteiger partial charge in [0, 0.05) is 31.9 Å². The maximum absolute atomic E-state index is 5.56. The van der Waals surface area contributed by atoms with Crippen LogP contribution in [0.15, 0.2) is 65.3 Å². The first-order valence-corrected chi connectivity index (χ1v) is 11.5. The minimum atomic E-state index is -0.0173. The summed E-state index contributed by atoms with van der Waals surface area (Å²) in [7, 11) is 0. The van der Waals surface area contributed by atoms with Gasteiger partial charge >= 0.3 is 0 Å². The third kappa shape index (κ3) is 4.54. The fourth-order valence-electron chi connectivity index (χ4n) is 4.62. The molecule has 7 nitrogen and oxygen atoms in total. The maximum atomic E-state index is 5.56. The minimum Gasteiger partial charge on any atom is -0.467 e. The van der Waals surface area contributed by atoms with Gasteiger partial charge in [-0.25, -0.2) is 4.68 Å². The van der Waals surface area contributed by atoms with E-state index in [1.165, 1.54) is 27.9 Å². The first-order valence-electron chi connectivity index (χ1n) is 11.5. The van der Waals surface area contributed by atoms with Crippen molar-refractivity contribution in [3.8, 4) is 0 Å². The van der Waals surface area contributed by atoms with Crippen molar-refractivity contribution in [3.05, 3.63) is 94.7 Å². The zero-order valence-electron chi connectivity index (χ0n) is 19.5. The van der Waals surface area contributed by atoms with Crippen LogP contribution in [0.25, 0.3) is 0 Å². The highest BCUT2D eigenvalue weighted by atomic mass is 16.3. The summed E-state index contributed by atoms with van der Waals surface area (Å²) in [6, 6.07) is 19.2. The molecule has 0 aliphatic carbocycles. The minimum absolute atomic E-state index is 0.0173. The molecule has 5 rings (SSSR count). The molecule has 1 aliphatic heterocycles. The molecular weight excluding hydrogens is 412 g/mol. The molecule has 0 N–H and O–H groups in total. The fourth-order valence-corrected chi connectivity index (χ4v) is 4.62. The Hall–Kier alpha value is -3.45. The lowest BCUT2D eigenvalue weighted by molar-refractivity contribution is 0.200. The lowest BCUT2D eigenvalue weighted by Crippen LogP contribution is -2.48. The van der Waals surface area contributed by atoms with Crippen molar-refractivity contribution in [2.75, 3.05) is 31.1 Å². The van der Waals surface area contributed by atoms with Gasteiger partial charge in [-0.15, -0.1) is 5.10 Å². The van der Waals surface area contributed by atoms with E-state index < -0.39 is 0 Å². The van der Waals surface area contributed by atoms with E-state index in [-0.39, 0.29) is 6.04 Å². The first kappa shape index (κ1) is 21.4. The van der Waals surface area contributed by atoms with E-state index in [2.05, 4.69) is 88.6 Å². The summed E-state index contributed by atoms with van der Waals surface area (Å²) >= 11 is 0. The Labute approximate surface area is 194 Å². The van der Waals surface area contributed by atoms with Gasteiger partial charge in [-0.2, -0.15) is 0 Å². The zero-order chi connectivity index (χ0) is 22.8. The predicted octanol–water partition coefficient (Wildman–Crippen LogP) is 4.15. The second-order valence-electron chi connectivity index (χ2n) is 8.90. The number of hydrogen-bond acceptors (Lipinski definition) is 6. The number of furan rings is 1. The summed E-state index contributed by atoms with van der Waals surface area (Å²) in [6.07, 6.45) is 1.68. The fraction of sp³-hybridized carbons (Fsp3) is 0.346. The molecular formula is C26H30N6O. The number of aromatic nitrogens is 4. The molecule has 0 spiro atoms. The molecule has 170 valence electrons. The number of rotatable bonds is 6. The van der Waals surface area contributed by atoms with Gasteiger partial charge in [0.05, 0.1) is 12.3 Å². The summed E-state index contributed by atoms with van der Waals surface area (Å²) < 4.78 is 7.42. The van der Waals surface area contributed by atoms with E-state index in [1.54, 1.807) is 6.26 Å². The molecule has 1 saturated heterocycles. The molecule has 0 amide bonds. The van der Waals surface area contributed by atoms with E-state index in [0.717, 1.165) is 37.8 Å². The summed E-state index contributed by atoms with van der Waals surface area (Å²) in [4.78, 5) is 4.99. The number of piperazine rings is 1. The van der Waals surface area contributed by atoms with E-state index in [9.17, 15) is 0 Å². The van der Waals surface area contributed by atoms with Crippen molar-refractivity contribution in [1.82, 2.24) is 25.1 Å². The average Bonchev–Trinajstić information content (AvgIpc) is 3.50. The van der Waals surface area contributed by atoms with Crippen LogP contribution in [0.5, 0.6) is 0 Å². The number of anilines is 1. The highest BCUT2D eigenvalue weighted by Gasteiger charge is 2.31. The highest BCUT2D eigenvalue weighted by Crippen LogP contribution is 2.30. The first-order chi connectivity index (χ1) is 16.1. The Morgan fingerprint density at radius 3 is 2.39 bits per heavy atom. The second kappa shape index (κ2) is 9.19. The molecule has 2 aromatic heterocycles. The largest absolute Gasteiger partial charge is 0.467 e. The van der Waals surface area contributed by atoms with Gasteiger partial charge in [0.25, 0.3) is 0 Å². The average molecular weight is 443 g/mol. The van der Waals surface area contributed by atoms with Crippen molar-refractivity contribution >= 4 is 5.69 Å². The number of aryl methyl sites for hydroxylation is 3. The molecule has 0 saturated carbocycles. The molecule has 1 atom stereocenters. The van der Waals surface area contributed by atoms with Crippen molar-refractivity contribution in [2.45, 2.75) is 33.4 Å². The SMILES string of the molecule is Cc1ccc([C@H](c2nnnn2Cc2ccco2)N2CCN(c3cc(C)ccc3C)CC2)cc1. The van der Waals surface area contributed by atoms with Crippen molar-refractivity contribution in [3.63, 3.8) is 0 Å². The predicted molar refractivity (Wildman–Crippen MR) is 128 cm³/mol. The van der Waals surface area contributed by atoms with Gasteiger partial charge in [0.15, 0.2) is 5.82 Å². The maximum Gasteiger partial charge on any atom is 0.173 e. The van der Waals surface area contributed by atoms with Crippen molar-refractivity contribution in [2.24, 2.45) is 0 Å². The monoisotopic (exact) mass is 442 g/mol. The molecule has 33 heavy (non-hydrogen) atoms. The normalized spacial score (nSPS) is 15.7. The second-order valence-corrected chi connectivity index (χ2v) is 8.90. The van der Waals surface area contributed by atoms with Crippen LogP contribution in [0.4, 0.5) is 5.69 Å². The van der Waals surface area contributed by atoms with Gasteiger partial charge in [-0.05, 0) is 66.1 Å². The van der Waals surface area contributed by atoms with E-state index in [4.69, 9.17) is 4.42 Å². The van der Waals surface area contributed by atoms with Gasteiger partial charge in [0.2, 0.25) is 0 Å². The van der Waals surface area contributed by atoms with Crippen LogP contribution in [0, 0.1) is 20.8 Å². The van der Waals surface area contributed by atoms with Crippen molar-refractivity contribution in [1.29, 1.82) is 0 Å². The van der Waals surface area contributed by atoms with E-state index in [0.29, 0.717) is 6.54 Å². The molecule has 7 heteroatoms. The Kier molecular flexibility index (Phi) is 5.96. The summed E-state index contributed by atoms with van der Waals surface area (Å²) in [5.41, 5.74) is 6.41. The van der Waals surface area contributed by atoms with E-state index >= 15 is 0 Å². The molecule has 0 radical (unpaired) electrons. The Balaban J connectivity index is 1.43. The highest BCUT2D eigenvalue weighted by molar-refractivity contribution is 5.55. The summed E-state index contributed by atoms with van der Waals surface area (Å²) in [5.74, 6) is 1.68. The zero-order valence-corrected chi connectivity index (χ0v) is 19.5. The van der Waals surface area contributed by atoms with Gasteiger partial charge in [0.1, 0.15) is 12.3 Å². The molecule has 0 unspecified atom stereocenters. The molecule has 0 bridgehead atoms. The lowest BCUT2D eigenvalue weighted by atomic mass is 10.0. The van der Waals surface area contributed by atoms with Crippen LogP contribution in [-0.2, 0) is 6.54 Å². The number of hydrogen-bond donors (Lipinski definition) is 0. The molecule has 1 fully saturated rings. The van der Waals surface area contributed by atoms with Crippen LogP contribution in [0.3, 0.4) is 0 Å². The third-order valence-electron chi connectivity index (χ3n) is 6.47. The lowest BCUT2D eigenvalue weighted by Gasteiger charge is -2.40. The van der Waals surface area contributed by atoms with Gasteiger partial charge in [-0.3, -0.25) is 4.90 Å². The quantitative estimate of drug-likeness (QED) is 0.447. The van der Waals surface area contributed by atoms with Crippen LogP contribution < -0.4 is 4.90 Å². The van der Waals surface area contributed by atoms with Crippen LogP contribution >= 0.6 is 0 Å². The van der Waals surface area contributed by atoms with Crippen LogP contribution in [-0.4, -0.2) is 51.3 Å². The molecule has 1 aliphatic rings. The standard InChI is InChI=1S/C26H30N6O/c1-19-7-10-22(11-8-19)25(26-27-28-29-32(26)18-23-5-4-16-33-23)31-14-12-30(13-15-31)24-17-20(2)6-9-21(24)3/h4-11,16-17,25H,12-15,18H2,1-3H3/t25-/m1/s1. The topological polar surface area (TPSA) is 63.2 Å². The summed E-state index contributed by atoms with van der Waals surface area (Å²) in [5, 5.41) is 12.8. The van der Waals surface area contributed by atoms with Gasteiger partial charge < -0.3 is 9.32 Å². The summed E-state index contributed by atoms with van der Waals surface area (Å²) in [6.45, 7) is 10.8. The number of tetrazole rings is 1. The van der Waals surface area contributed by atoms with Crippen LogP contribution in [0.1, 0.15) is 39.9 Å². The molecule has 3 heterocycles. The molecule has 4 aromatic rings. The third-order valence-corrected chi connectivity index (χ3v) is 6.47. The Morgan fingerprint density at radius 1 is 0.909 bits per heavy atom. The van der Waals surface area contributed by atoms with Crippen LogP contribution in [0.2, 0.25) is 0 Å². The smallest absolute Gasteiger partial charge is 0.173 e. The number of benzene rings is 2. The Morgan fingerprint density at radius 2 is 1.67 bits per heavy atom. The number of nitrogens with zero attached hydrogens (tertiary/aromatic N) is 6.